The van der Waals surface area contributed by atoms with Gasteiger partial charge in [0.25, 0.3) is 0 Å². The molecule has 1 aromatic carbocycles. The summed E-state index contributed by atoms with van der Waals surface area (Å²) in [6.45, 7) is 0. The third-order valence-corrected chi connectivity index (χ3v) is 3.81. The molecule has 0 unspecified atom stereocenters. The minimum absolute atomic E-state index is 0.225. The third-order valence-electron chi connectivity index (χ3n) is 3.81. The molecular weight excluding hydrogens is 266 g/mol. The maximum Gasteiger partial charge on any atom is 0.333 e. The highest BCUT2D eigenvalue weighted by atomic mass is 16.2. The molecule has 1 saturated carbocycles. The van der Waals surface area contributed by atoms with Crippen LogP contribution in [0.4, 0.5) is 10.6 Å². The average molecular weight is 285 g/mol. The molecular formula is C15H19N5O. The van der Waals surface area contributed by atoms with Crippen molar-refractivity contribution < 1.29 is 4.79 Å². The van der Waals surface area contributed by atoms with Crippen LogP contribution in [0.5, 0.6) is 0 Å². The van der Waals surface area contributed by atoms with Gasteiger partial charge in [-0.3, -0.25) is 10.9 Å². The molecule has 1 aliphatic rings. The van der Waals surface area contributed by atoms with Gasteiger partial charge in [-0.25, -0.2) is 4.79 Å². The van der Waals surface area contributed by atoms with Crippen LogP contribution in [0.2, 0.25) is 0 Å². The molecule has 1 fully saturated rings. The molecule has 3 N–H and O–H groups in total. The molecule has 3 rings (SSSR count). The van der Waals surface area contributed by atoms with Crippen LogP contribution in [0.3, 0.4) is 0 Å². The summed E-state index contributed by atoms with van der Waals surface area (Å²) in [6.07, 6.45) is 7.45. The summed E-state index contributed by atoms with van der Waals surface area (Å²) in [5.74, 6) is 0.548. The molecule has 6 heteroatoms. The predicted molar refractivity (Wildman–Crippen MR) is 81.7 cm³/mol. The minimum Gasteiger partial charge on any atom is -0.334 e. The normalized spacial score (nSPS) is 15.6. The molecule has 21 heavy (non-hydrogen) atoms. The third kappa shape index (κ3) is 3.39. The van der Waals surface area contributed by atoms with E-state index in [-0.39, 0.29) is 12.1 Å². The number of benzene rings is 1. The van der Waals surface area contributed by atoms with E-state index in [1.165, 1.54) is 19.3 Å². The summed E-state index contributed by atoms with van der Waals surface area (Å²) in [6, 6.07) is 7.81. The van der Waals surface area contributed by atoms with Crippen LogP contribution >= 0.6 is 0 Å². The van der Waals surface area contributed by atoms with E-state index >= 15 is 0 Å². The fraction of sp³-hybridized carbons (Fsp3) is 0.400. The maximum atomic E-state index is 11.9. The predicted octanol–water partition coefficient (Wildman–Crippen LogP) is 2.59. The molecule has 0 spiro atoms. The van der Waals surface area contributed by atoms with Gasteiger partial charge in [-0.15, -0.1) is 5.10 Å². The first-order chi connectivity index (χ1) is 10.3. The van der Waals surface area contributed by atoms with Gasteiger partial charge < -0.3 is 5.32 Å². The lowest BCUT2D eigenvalue weighted by atomic mass is 9.96. The van der Waals surface area contributed by atoms with Crippen molar-refractivity contribution in [2.24, 2.45) is 0 Å². The van der Waals surface area contributed by atoms with Crippen LogP contribution in [0.1, 0.15) is 32.1 Å². The van der Waals surface area contributed by atoms with Crippen molar-refractivity contribution >= 4 is 22.6 Å². The topological polar surface area (TPSA) is 78.9 Å². The highest BCUT2D eigenvalue weighted by Crippen LogP contribution is 2.19. The molecule has 0 atom stereocenters. The summed E-state index contributed by atoms with van der Waals surface area (Å²) in [7, 11) is 0. The number of nitrogens with one attached hydrogen (secondary N) is 3. The summed E-state index contributed by atoms with van der Waals surface area (Å²) < 4.78 is 0. The Morgan fingerprint density at radius 2 is 1.95 bits per heavy atom. The van der Waals surface area contributed by atoms with E-state index in [1.54, 1.807) is 6.20 Å². The number of urea groups is 1. The number of hydrogen-bond donors (Lipinski definition) is 3. The number of anilines is 1. The number of rotatable bonds is 3. The summed E-state index contributed by atoms with van der Waals surface area (Å²) in [5, 5.41) is 12.8. The highest BCUT2D eigenvalue weighted by Gasteiger charge is 2.15. The summed E-state index contributed by atoms with van der Waals surface area (Å²) >= 11 is 0. The SMILES string of the molecule is O=C(NNc1nncc2ccccc12)NC1CCCCC1. The van der Waals surface area contributed by atoms with E-state index in [2.05, 4.69) is 26.4 Å². The monoisotopic (exact) mass is 285 g/mol. The molecule has 2 amide bonds. The highest BCUT2D eigenvalue weighted by molar-refractivity contribution is 5.91. The van der Waals surface area contributed by atoms with Crippen LogP contribution in [-0.2, 0) is 0 Å². The zero-order chi connectivity index (χ0) is 14.5. The van der Waals surface area contributed by atoms with Gasteiger partial charge in [0.15, 0.2) is 5.82 Å². The molecule has 1 heterocycles. The maximum absolute atomic E-state index is 11.9. The summed E-state index contributed by atoms with van der Waals surface area (Å²) in [5.41, 5.74) is 5.48. The second-order valence-corrected chi connectivity index (χ2v) is 5.34. The first kappa shape index (κ1) is 13.6. The molecule has 110 valence electrons. The standard InChI is InChI=1S/C15H19N5O/c21-15(17-12-7-2-1-3-8-12)20-19-14-13-9-5-4-6-11(13)10-16-18-14/h4-6,9-10,12H,1-3,7-8H2,(H,18,19)(H2,17,20,21). The molecule has 1 aliphatic carbocycles. The second kappa shape index (κ2) is 6.39. The molecule has 0 saturated heterocycles. The largest absolute Gasteiger partial charge is 0.334 e. The molecule has 6 nitrogen and oxygen atoms in total. The number of amides is 2. The van der Waals surface area contributed by atoms with E-state index in [1.807, 2.05) is 24.3 Å². The van der Waals surface area contributed by atoms with E-state index in [0.29, 0.717) is 5.82 Å². The van der Waals surface area contributed by atoms with Crippen molar-refractivity contribution in [2.45, 2.75) is 38.1 Å². The molecule has 0 radical (unpaired) electrons. The van der Waals surface area contributed by atoms with Gasteiger partial charge in [0.2, 0.25) is 0 Å². The minimum atomic E-state index is -0.225. The Balaban J connectivity index is 1.59. The van der Waals surface area contributed by atoms with Crippen molar-refractivity contribution in [3.8, 4) is 0 Å². The van der Waals surface area contributed by atoms with Gasteiger partial charge in [-0.2, -0.15) is 5.10 Å². The fourth-order valence-corrected chi connectivity index (χ4v) is 2.70. The first-order valence-corrected chi connectivity index (χ1v) is 7.36. The van der Waals surface area contributed by atoms with Gasteiger partial charge in [0.05, 0.1) is 6.20 Å². The number of carbonyl (C=O) groups is 1. The number of aromatic nitrogens is 2. The lowest BCUT2D eigenvalue weighted by Gasteiger charge is -2.23. The van der Waals surface area contributed by atoms with Crippen molar-refractivity contribution in [2.75, 3.05) is 5.43 Å². The van der Waals surface area contributed by atoms with Crippen LogP contribution in [0.15, 0.2) is 30.5 Å². The van der Waals surface area contributed by atoms with Crippen LogP contribution in [0.25, 0.3) is 10.8 Å². The van der Waals surface area contributed by atoms with Gasteiger partial charge in [0, 0.05) is 16.8 Å². The van der Waals surface area contributed by atoms with E-state index < -0.39 is 0 Å². The number of hydrogen-bond acceptors (Lipinski definition) is 4. The average Bonchev–Trinajstić information content (AvgIpc) is 2.54. The van der Waals surface area contributed by atoms with Gasteiger partial charge >= 0.3 is 6.03 Å². The number of fused-ring (bicyclic) bond motifs is 1. The van der Waals surface area contributed by atoms with E-state index in [9.17, 15) is 4.79 Å². The smallest absolute Gasteiger partial charge is 0.333 e. The quantitative estimate of drug-likeness (QED) is 0.757. The molecule has 2 aromatic rings. The Bertz CT molecular complexity index is 619. The number of carbonyl (C=O) groups excluding carboxylic acids is 1. The molecule has 0 aliphatic heterocycles. The van der Waals surface area contributed by atoms with Crippen molar-refractivity contribution in [1.29, 1.82) is 0 Å². The second-order valence-electron chi connectivity index (χ2n) is 5.34. The Hall–Kier alpha value is -2.37. The van der Waals surface area contributed by atoms with Crippen LogP contribution in [-0.4, -0.2) is 22.3 Å². The Morgan fingerprint density at radius 1 is 1.14 bits per heavy atom. The summed E-state index contributed by atoms with van der Waals surface area (Å²) in [4.78, 5) is 11.9. The van der Waals surface area contributed by atoms with E-state index in [0.717, 1.165) is 23.6 Å². The Labute approximate surface area is 123 Å². The molecule has 1 aromatic heterocycles. The van der Waals surface area contributed by atoms with Gasteiger partial charge in [-0.05, 0) is 12.8 Å². The zero-order valence-electron chi connectivity index (χ0n) is 11.8. The van der Waals surface area contributed by atoms with E-state index in [4.69, 9.17) is 0 Å². The Morgan fingerprint density at radius 3 is 2.81 bits per heavy atom. The van der Waals surface area contributed by atoms with Gasteiger partial charge in [0.1, 0.15) is 0 Å². The van der Waals surface area contributed by atoms with Crippen molar-refractivity contribution in [1.82, 2.24) is 20.9 Å². The van der Waals surface area contributed by atoms with Crippen LogP contribution < -0.4 is 16.2 Å². The zero-order valence-corrected chi connectivity index (χ0v) is 11.8. The first-order valence-electron chi connectivity index (χ1n) is 7.36. The van der Waals surface area contributed by atoms with Crippen LogP contribution in [0, 0.1) is 0 Å². The molecule has 0 bridgehead atoms. The lowest BCUT2D eigenvalue weighted by Crippen LogP contribution is -2.45. The lowest BCUT2D eigenvalue weighted by molar-refractivity contribution is 0.234. The van der Waals surface area contributed by atoms with Crippen molar-refractivity contribution in [3.63, 3.8) is 0 Å². The fourth-order valence-electron chi connectivity index (χ4n) is 2.70. The number of nitrogens with zero attached hydrogens (tertiary/aromatic N) is 2. The van der Waals surface area contributed by atoms with Crippen molar-refractivity contribution in [3.05, 3.63) is 30.5 Å². The Kier molecular flexibility index (Phi) is 4.14. The number of hydrazine groups is 1. The van der Waals surface area contributed by atoms with Gasteiger partial charge in [-0.1, -0.05) is 43.5 Å².